The summed E-state index contributed by atoms with van der Waals surface area (Å²) in [6, 6.07) is 0. The number of allylic oxidation sites excluding steroid dienone is 2. The monoisotopic (exact) mass is 205 g/mol. The first-order chi connectivity index (χ1) is 7.07. The third-order valence-electron chi connectivity index (χ3n) is 3.32. The molecule has 1 aliphatic rings. The number of hydrogen-bond donors (Lipinski definition) is 0. The molecule has 3 nitrogen and oxygen atoms in total. The first-order valence-electron chi connectivity index (χ1n) is 5.61. The van der Waals surface area contributed by atoms with E-state index in [1.165, 1.54) is 18.5 Å². The Bertz CT molecular complexity index is 343. The van der Waals surface area contributed by atoms with Crippen molar-refractivity contribution < 1.29 is 0 Å². The van der Waals surface area contributed by atoms with Crippen molar-refractivity contribution in [2.45, 2.75) is 40.0 Å². The van der Waals surface area contributed by atoms with E-state index >= 15 is 0 Å². The molecular formula is C12H19N3. The molecule has 0 aromatic carbocycles. The Morgan fingerprint density at radius 3 is 2.67 bits per heavy atom. The highest BCUT2D eigenvalue weighted by atomic mass is 15.3. The van der Waals surface area contributed by atoms with Gasteiger partial charge < -0.3 is 0 Å². The predicted molar refractivity (Wildman–Crippen MR) is 61.1 cm³/mol. The minimum atomic E-state index is 0.421. The zero-order valence-electron chi connectivity index (χ0n) is 9.77. The van der Waals surface area contributed by atoms with Crippen LogP contribution in [0.1, 0.15) is 40.0 Å². The predicted octanol–water partition coefficient (Wildman–Crippen LogP) is 2.97. The first kappa shape index (κ1) is 10.4. The Labute approximate surface area is 91.2 Å². The molecule has 82 valence electrons. The van der Waals surface area contributed by atoms with Gasteiger partial charge in [0.2, 0.25) is 0 Å². The lowest BCUT2D eigenvalue weighted by atomic mass is 9.74. The topological polar surface area (TPSA) is 30.7 Å². The number of rotatable bonds is 1. The summed E-state index contributed by atoms with van der Waals surface area (Å²) in [5, 5.41) is 4.16. The van der Waals surface area contributed by atoms with Crippen LogP contribution < -0.4 is 0 Å². The van der Waals surface area contributed by atoms with Crippen LogP contribution in [-0.4, -0.2) is 14.8 Å². The quantitative estimate of drug-likeness (QED) is 0.705. The van der Waals surface area contributed by atoms with Crippen LogP contribution in [0.2, 0.25) is 0 Å². The zero-order chi connectivity index (χ0) is 10.9. The summed E-state index contributed by atoms with van der Waals surface area (Å²) in [5.41, 5.74) is 1.72. The summed E-state index contributed by atoms with van der Waals surface area (Å²) < 4.78 is 1.89. The summed E-state index contributed by atoms with van der Waals surface area (Å²) in [6.45, 7) is 6.98. The lowest BCUT2D eigenvalue weighted by molar-refractivity contribution is 0.224. The summed E-state index contributed by atoms with van der Waals surface area (Å²) in [6.07, 6.45) is 9.23. The van der Waals surface area contributed by atoms with Crippen LogP contribution in [0.15, 0.2) is 18.7 Å². The number of nitrogens with zero attached hydrogens (tertiary/aromatic N) is 3. The molecule has 0 amide bonds. The van der Waals surface area contributed by atoms with Gasteiger partial charge in [-0.05, 0) is 30.6 Å². The van der Waals surface area contributed by atoms with E-state index < -0.39 is 0 Å². The van der Waals surface area contributed by atoms with E-state index in [1.807, 2.05) is 4.68 Å². The fourth-order valence-electron chi connectivity index (χ4n) is 2.17. The average molecular weight is 205 g/mol. The minimum absolute atomic E-state index is 0.421. The van der Waals surface area contributed by atoms with Gasteiger partial charge in [0.25, 0.3) is 0 Å². The first-order valence-corrected chi connectivity index (χ1v) is 5.61. The van der Waals surface area contributed by atoms with Crippen molar-refractivity contribution >= 4 is 5.70 Å². The fourth-order valence-corrected chi connectivity index (χ4v) is 2.17. The van der Waals surface area contributed by atoms with Crippen LogP contribution in [0.4, 0.5) is 0 Å². The Morgan fingerprint density at radius 1 is 1.40 bits per heavy atom. The van der Waals surface area contributed by atoms with E-state index in [9.17, 15) is 0 Å². The van der Waals surface area contributed by atoms with Crippen LogP contribution in [0.3, 0.4) is 0 Å². The van der Waals surface area contributed by atoms with Crippen LogP contribution in [-0.2, 0) is 0 Å². The standard InChI is InChI=1S/C12H19N3/c1-12(2,3)10-4-6-11(7-5-10)15-9-13-8-14-15/h6,8-10H,4-5,7H2,1-3H3. The maximum atomic E-state index is 4.16. The van der Waals surface area contributed by atoms with Crippen molar-refractivity contribution in [2.24, 2.45) is 11.3 Å². The highest BCUT2D eigenvalue weighted by Gasteiger charge is 2.26. The van der Waals surface area contributed by atoms with Crippen molar-refractivity contribution in [1.82, 2.24) is 14.8 Å². The Kier molecular flexibility index (Phi) is 2.63. The number of aromatic nitrogens is 3. The summed E-state index contributed by atoms with van der Waals surface area (Å²) in [7, 11) is 0. The summed E-state index contributed by atoms with van der Waals surface area (Å²) in [4.78, 5) is 3.98. The maximum Gasteiger partial charge on any atom is 0.138 e. The molecular weight excluding hydrogens is 186 g/mol. The highest BCUT2D eigenvalue weighted by Crippen LogP contribution is 2.37. The molecule has 1 heterocycles. The molecule has 0 fully saturated rings. The van der Waals surface area contributed by atoms with Gasteiger partial charge in [-0.25, -0.2) is 9.67 Å². The zero-order valence-corrected chi connectivity index (χ0v) is 9.77. The molecule has 1 unspecified atom stereocenters. The molecule has 0 bridgehead atoms. The van der Waals surface area contributed by atoms with Gasteiger partial charge in [-0.15, -0.1) is 0 Å². The van der Waals surface area contributed by atoms with Crippen molar-refractivity contribution in [3.05, 3.63) is 18.7 Å². The van der Waals surface area contributed by atoms with E-state index in [1.54, 1.807) is 12.7 Å². The minimum Gasteiger partial charge on any atom is -0.226 e. The molecule has 1 aliphatic carbocycles. The normalized spacial score (nSPS) is 22.6. The molecule has 0 saturated carbocycles. The molecule has 1 aromatic rings. The van der Waals surface area contributed by atoms with Crippen LogP contribution in [0.5, 0.6) is 0 Å². The third-order valence-corrected chi connectivity index (χ3v) is 3.32. The van der Waals surface area contributed by atoms with Crippen molar-refractivity contribution in [3.8, 4) is 0 Å². The van der Waals surface area contributed by atoms with E-state index in [4.69, 9.17) is 0 Å². The fraction of sp³-hybridized carbons (Fsp3) is 0.667. The van der Waals surface area contributed by atoms with Gasteiger partial charge in [-0.3, -0.25) is 0 Å². The largest absolute Gasteiger partial charge is 0.226 e. The van der Waals surface area contributed by atoms with E-state index in [2.05, 4.69) is 36.9 Å². The Morgan fingerprint density at radius 2 is 2.20 bits per heavy atom. The van der Waals surface area contributed by atoms with Gasteiger partial charge in [0.05, 0.1) is 0 Å². The van der Waals surface area contributed by atoms with Gasteiger partial charge >= 0.3 is 0 Å². The van der Waals surface area contributed by atoms with Crippen molar-refractivity contribution in [3.63, 3.8) is 0 Å². The average Bonchev–Trinajstić information content (AvgIpc) is 2.69. The molecule has 1 atom stereocenters. The molecule has 3 heteroatoms. The second-order valence-electron chi connectivity index (χ2n) is 5.37. The number of hydrogen-bond acceptors (Lipinski definition) is 2. The second-order valence-corrected chi connectivity index (χ2v) is 5.37. The molecule has 0 aliphatic heterocycles. The summed E-state index contributed by atoms with van der Waals surface area (Å²) in [5.74, 6) is 0.796. The van der Waals surface area contributed by atoms with Crippen LogP contribution in [0.25, 0.3) is 5.70 Å². The maximum absolute atomic E-state index is 4.16. The van der Waals surface area contributed by atoms with E-state index in [0.717, 1.165) is 12.3 Å². The molecule has 0 spiro atoms. The van der Waals surface area contributed by atoms with E-state index in [-0.39, 0.29) is 0 Å². The molecule has 15 heavy (non-hydrogen) atoms. The van der Waals surface area contributed by atoms with Gasteiger partial charge in [-0.1, -0.05) is 26.8 Å². The molecule has 2 rings (SSSR count). The smallest absolute Gasteiger partial charge is 0.138 e. The van der Waals surface area contributed by atoms with Crippen molar-refractivity contribution in [1.29, 1.82) is 0 Å². The highest BCUT2D eigenvalue weighted by molar-refractivity contribution is 5.44. The summed E-state index contributed by atoms with van der Waals surface area (Å²) >= 11 is 0. The lowest BCUT2D eigenvalue weighted by Crippen LogP contribution is -2.22. The molecule has 1 aromatic heterocycles. The lowest BCUT2D eigenvalue weighted by Gasteiger charge is -2.33. The molecule has 0 radical (unpaired) electrons. The Hall–Kier alpha value is -1.12. The van der Waals surface area contributed by atoms with Gasteiger partial charge in [0.15, 0.2) is 0 Å². The molecule has 0 N–H and O–H groups in total. The Balaban J connectivity index is 2.07. The second kappa shape index (κ2) is 3.80. The van der Waals surface area contributed by atoms with Gasteiger partial charge in [0.1, 0.15) is 12.7 Å². The van der Waals surface area contributed by atoms with Gasteiger partial charge in [-0.2, -0.15) is 5.10 Å². The third kappa shape index (κ3) is 2.28. The van der Waals surface area contributed by atoms with Crippen molar-refractivity contribution in [2.75, 3.05) is 0 Å². The molecule has 0 saturated heterocycles. The van der Waals surface area contributed by atoms with Gasteiger partial charge in [0, 0.05) is 5.70 Å². The SMILES string of the molecule is CC(C)(C)C1CC=C(n2cncn2)CC1. The van der Waals surface area contributed by atoms with E-state index in [0.29, 0.717) is 5.41 Å². The van der Waals surface area contributed by atoms with Crippen LogP contribution in [0, 0.1) is 11.3 Å². The van der Waals surface area contributed by atoms with Crippen LogP contribution >= 0.6 is 0 Å².